The number of hydrogen-bond donors (Lipinski definition) is 1. The summed E-state index contributed by atoms with van der Waals surface area (Å²) in [5, 5.41) is 6.76. The predicted octanol–water partition coefficient (Wildman–Crippen LogP) is 4.33. The molecule has 2 aromatic carbocycles. The Hall–Kier alpha value is -2.72. The molecular weight excluding hydrogens is 292 g/mol. The molecule has 0 saturated carbocycles. The molecule has 0 aliphatic heterocycles. The normalized spacial score (nSPS) is 11.5. The van der Waals surface area contributed by atoms with Gasteiger partial charge >= 0.3 is 0 Å². The number of hydrogen-bond acceptors (Lipinski definition) is 3. The van der Waals surface area contributed by atoms with Crippen molar-refractivity contribution in [3.05, 3.63) is 77.2 Å². The van der Waals surface area contributed by atoms with Gasteiger partial charge in [0.25, 0.3) is 5.91 Å². The van der Waals surface area contributed by atoms with Crippen LogP contribution in [0.4, 0.5) is 0 Å². The highest BCUT2D eigenvalue weighted by atomic mass is 32.1. The molecule has 1 aromatic heterocycles. The Morgan fingerprint density at radius 2 is 1.82 bits per heavy atom. The van der Waals surface area contributed by atoms with Crippen LogP contribution in [0.25, 0.3) is 16.2 Å². The van der Waals surface area contributed by atoms with Gasteiger partial charge in [-0.1, -0.05) is 54.6 Å². The van der Waals surface area contributed by atoms with Crippen molar-refractivity contribution in [2.45, 2.75) is 0 Å². The van der Waals surface area contributed by atoms with E-state index in [1.54, 1.807) is 23.6 Å². The molecule has 0 aliphatic rings. The van der Waals surface area contributed by atoms with Gasteiger partial charge in [0.2, 0.25) is 0 Å². The minimum atomic E-state index is -0.193. The highest BCUT2D eigenvalue weighted by molar-refractivity contribution is 7.17. The molecule has 0 bridgehead atoms. The van der Waals surface area contributed by atoms with E-state index in [1.165, 1.54) is 0 Å². The molecule has 0 unspecified atom stereocenters. The molecule has 0 spiro atoms. The van der Waals surface area contributed by atoms with Gasteiger partial charge in [0, 0.05) is 21.7 Å². The molecule has 0 atom stereocenters. The van der Waals surface area contributed by atoms with E-state index in [-0.39, 0.29) is 5.91 Å². The number of fused-ring (bicyclic) bond motifs is 1. The topological polar surface area (TPSA) is 41.5 Å². The number of thiophene rings is 1. The predicted molar refractivity (Wildman–Crippen MR) is 93.3 cm³/mol. The Kier molecular flexibility index (Phi) is 4.41. The third-order valence-electron chi connectivity index (χ3n) is 3.14. The van der Waals surface area contributed by atoms with Crippen LogP contribution < -0.4 is 5.43 Å². The first-order valence-electron chi connectivity index (χ1n) is 6.86. The van der Waals surface area contributed by atoms with Gasteiger partial charge in [-0.2, -0.15) is 5.10 Å². The maximum atomic E-state index is 12.1. The van der Waals surface area contributed by atoms with Gasteiger partial charge in [-0.25, -0.2) is 5.43 Å². The molecular formula is C18H14N2OS. The summed E-state index contributed by atoms with van der Waals surface area (Å²) in [7, 11) is 0. The minimum absolute atomic E-state index is 0.193. The molecule has 1 heterocycles. The molecule has 3 rings (SSSR count). The SMILES string of the molecule is O=C(NN=C/C=C\c1ccccc1)c1csc2ccccc12. The van der Waals surface area contributed by atoms with Crippen LogP contribution in [0.3, 0.4) is 0 Å². The number of nitrogens with zero attached hydrogens (tertiary/aromatic N) is 1. The van der Waals surface area contributed by atoms with Crippen molar-refractivity contribution in [3.8, 4) is 0 Å². The number of nitrogens with one attached hydrogen (secondary N) is 1. The van der Waals surface area contributed by atoms with Crippen molar-refractivity contribution in [1.82, 2.24) is 5.43 Å². The number of allylic oxidation sites excluding steroid dienone is 1. The van der Waals surface area contributed by atoms with E-state index in [1.807, 2.05) is 66.1 Å². The average Bonchev–Trinajstić information content (AvgIpc) is 2.99. The first-order valence-corrected chi connectivity index (χ1v) is 7.74. The van der Waals surface area contributed by atoms with E-state index in [4.69, 9.17) is 0 Å². The van der Waals surface area contributed by atoms with Crippen molar-refractivity contribution in [2.75, 3.05) is 0 Å². The molecule has 0 saturated heterocycles. The molecule has 108 valence electrons. The molecule has 1 N–H and O–H groups in total. The molecule has 1 amide bonds. The van der Waals surface area contributed by atoms with Crippen molar-refractivity contribution in [2.24, 2.45) is 5.10 Å². The monoisotopic (exact) mass is 306 g/mol. The largest absolute Gasteiger partial charge is 0.272 e. The fourth-order valence-electron chi connectivity index (χ4n) is 2.07. The zero-order valence-corrected chi connectivity index (χ0v) is 12.6. The third kappa shape index (κ3) is 3.30. The van der Waals surface area contributed by atoms with Crippen LogP contribution in [0.1, 0.15) is 15.9 Å². The number of benzene rings is 2. The maximum Gasteiger partial charge on any atom is 0.272 e. The first kappa shape index (κ1) is 14.2. The van der Waals surface area contributed by atoms with Gasteiger partial charge in [-0.3, -0.25) is 4.79 Å². The highest BCUT2D eigenvalue weighted by Gasteiger charge is 2.10. The van der Waals surface area contributed by atoms with Crippen LogP contribution in [0, 0.1) is 0 Å². The van der Waals surface area contributed by atoms with E-state index >= 15 is 0 Å². The molecule has 0 aliphatic carbocycles. The number of carbonyl (C=O) groups is 1. The van der Waals surface area contributed by atoms with Gasteiger partial charge in [-0.15, -0.1) is 11.3 Å². The number of hydrazone groups is 1. The van der Waals surface area contributed by atoms with E-state index in [9.17, 15) is 4.79 Å². The Morgan fingerprint density at radius 1 is 1.05 bits per heavy atom. The van der Waals surface area contributed by atoms with Gasteiger partial charge in [0.15, 0.2) is 0 Å². The van der Waals surface area contributed by atoms with Crippen molar-refractivity contribution < 1.29 is 4.79 Å². The zero-order chi connectivity index (χ0) is 15.2. The minimum Gasteiger partial charge on any atom is -0.267 e. The third-order valence-corrected chi connectivity index (χ3v) is 4.10. The van der Waals surface area contributed by atoms with E-state index in [0.717, 1.165) is 15.6 Å². The van der Waals surface area contributed by atoms with Gasteiger partial charge < -0.3 is 0 Å². The Labute approximate surface area is 132 Å². The number of rotatable bonds is 4. The average molecular weight is 306 g/mol. The lowest BCUT2D eigenvalue weighted by Crippen LogP contribution is -2.16. The molecule has 3 nitrogen and oxygen atoms in total. The summed E-state index contributed by atoms with van der Waals surface area (Å²) in [4.78, 5) is 12.1. The van der Waals surface area contributed by atoms with Crippen molar-refractivity contribution >= 4 is 39.6 Å². The van der Waals surface area contributed by atoms with Crippen LogP contribution in [-0.2, 0) is 0 Å². The molecule has 4 heteroatoms. The summed E-state index contributed by atoms with van der Waals surface area (Å²) >= 11 is 1.56. The summed E-state index contributed by atoms with van der Waals surface area (Å²) in [6.45, 7) is 0. The lowest BCUT2D eigenvalue weighted by molar-refractivity contribution is 0.0957. The standard InChI is InChI=1S/C18H14N2OS/c21-18(16-13-22-17-11-5-4-10-15(16)17)20-19-12-6-9-14-7-2-1-3-8-14/h1-13H,(H,20,21)/b9-6-,19-12?. The Morgan fingerprint density at radius 3 is 2.68 bits per heavy atom. The van der Waals surface area contributed by atoms with E-state index in [2.05, 4.69) is 10.5 Å². The molecule has 0 radical (unpaired) electrons. The Balaban J connectivity index is 1.63. The molecule has 3 aromatic rings. The lowest BCUT2D eigenvalue weighted by atomic mass is 10.2. The fourth-order valence-corrected chi connectivity index (χ4v) is 3.01. The zero-order valence-electron chi connectivity index (χ0n) is 11.8. The van der Waals surface area contributed by atoms with Crippen LogP contribution in [0.5, 0.6) is 0 Å². The van der Waals surface area contributed by atoms with Crippen LogP contribution in [0.2, 0.25) is 0 Å². The summed E-state index contributed by atoms with van der Waals surface area (Å²) in [5.74, 6) is -0.193. The van der Waals surface area contributed by atoms with E-state index in [0.29, 0.717) is 5.56 Å². The summed E-state index contributed by atoms with van der Waals surface area (Å²) in [6.07, 6.45) is 5.29. The van der Waals surface area contributed by atoms with Crippen LogP contribution in [0.15, 0.2) is 71.2 Å². The highest BCUT2D eigenvalue weighted by Crippen LogP contribution is 2.25. The maximum absolute atomic E-state index is 12.1. The lowest BCUT2D eigenvalue weighted by Gasteiger charge is -1.97. The fraction of sp³-hybridized carbons (Fsp3) is 0. The summed E-state index contributed by atoms with van der Waals surface area (Å²) in [5.41, 5.74) is 4.29. The van der Waals surface area contributed by atoms with Crippen molar-refractivity contribution in [1.29, 1.82) is 0 Å². The van der Waals surface area contributed by atoms with Crippen molar-refractivity contribution in [3.63, 3.8) is 0 Å². The second-order valence-electron chi connectivity index (χ2n) is 4.63. The second-order valence-corrected chi connectivity index (χ2v) is 5.55. The number of amides is 1. The van der Waals surface area contributed by atoms with Gasteiger partial charge in [0.05, 0.1) is 5.56 Å². The smallest absolute Gasteiger partial charge is 0.267 e. The van der Waals surface area contributed by atoms with E-state index < -0.39 is 0 Å². The first-order chi connectivity index (χ1) is 10.8. The summed E-state index contributed by atoms with van der Waals surface area (Å²) < 4.78 is 1.10. The van der Waals surface area contributed by atoms with Gasteiger partial charge in [0.1, 0.15) is 0 Å². The Bertz CT molecular complexity index is 834. The van der Waals surface area contributed by atoms with Gasteiger partial charge in [-0.05, 0) is 17.7 Å². The second kappa shape index (κ2) is 6.83. The van der Waals surface area contributed by atoms with Crippen LogP contribution in [-0.4, -0.2) is 12.1 Å². The quantitative estimate of drug-likeness (QED) is 0.565. The number of carbonyl (C=O) groups excluding carboxylic acids is 1. The summed E-state index contributed by atoms with van der Waals surface area (Å²) in [6, 6.07) is 17.8. The molecule has 22 heavy (non-hydrogen) atoms. The van der Waals surface area contributed by atoms with Crippen LogP contribution >= 0.6 is 11.3 Å². The molecule has 0 fully saturated rings.